The lowest BCUT2D eigenvalue weighted by Gasteiger charge is -2.10. The molecule has 0 bridgehead atoms. The van der Waals surface area contributed by atoms with Crippen LogP contribution < -0.4 is 10.6 Å². The molecule has 3 aromatic rings. The summed E-state index contributed by atoms with van der Waals surface area (Å²) in [6, 6.07) is 5.93. The Morgan fingerprint density at radius 2 is 2.15 bits per heavy atom. The molecule has 0 aliphatic carbocycles. The van der Waals surface area contributed by atoms with Gasteiger partial charge in [-0.2, -0.15) is 0 Å². The van der Waals surface area contributed by atoms with Gasteiger partial charge in [-0.05, 0) is 24.5 Å². The van der Waals surface area contributed by atoms with Crippen molar-refractivity contribution in [1.82, 2.24) is 30.2 Å². The van der Waals surface area contributed by atoms with Gasteiger partial charge in [0.05, 0.1) is 12.2 Å². The minimum atomic E-state index is 0.464. The molecule has 7 nitrogen and oxygen atoms in total. The Hall–Kier alpha value is -2.48. The quantitative estimate of drug-likeness (QED) is 0.379. The number of guanidine groups is 1. The van der Waals surface area contributed by atoms with Crippen LogP contribution >= 0.6 is 11.3 Å². The molecule has 2 N–H and O–H groups in total. The number of hydrogen-bond acceptors (Lipinski definition) is 5. The number of nitrogens with one attached hydrogen (secondary N) is 2. The Kier molecular flexibility index (Phi) is 6.17. The van der Waals surface area contributed by atoms with Gasteiger partial charge >= 0.3 is 0 Å². The van der Waals surface area contributed by atoms with Crippen molar-refractivity contribution in [3.05, 3.63) is 46.3 Å². The Morgan fingerprint density at radius 3 is 2.92 bits per heavy atom. The number of hydrogen-bond donors (Lipinski definition) is 2. The molecular formula is C18H25N7S. The molecule has 0 aromatic carbocycles. The van der Waals surface area contributed by atoms with E-state index in [9.17, 15) is 0 Å². The summed E-state index contributed by atoms with van der Waals surface area (Å²) in [5, 5.41) is 18.3. The van der Waals surface area contributed by atoms with Crippen molar-refractivity contribution in [2.24, 2.45) is 4.99 Å². The largest absolute Gasteiger partial charge is 0.356 e. The number of pyridine rings is 1. The van der Waals surface area contributed by atoms with Gasteiger partial charge in [0, 0.05) is 31.6 Å². The molecule has 0 aliphatic heterocycles. The van der Waals surface area contributed by atoms with Crippen molar-refractivity contribution < 1.29 is 0 Å². The molecule has 0 radical (unpaired) electrons. The standard InChI is InChI=1S/C18H25N7S/c1-13(2)14-12-26-17(22-14)11-21-18(19-3)20-9-6-8-16-24-23-15-7-4-5-10-25(15)16/h4-5,7,10,12-13H,6,8-9,11H2,1-3H3,(H2,19,20,21). The minimum Gasteiger partial charge on any atom is -0.356 e. The summed E-state index contributed by atoms with van der Waals surface area (Å²) < 4.78 is 2.03. The van der Waals surface area contributed by atoms with Crippen molar-refractivity contribution >= 4 is 22.9 Å². The molecular weight excluding hydrogens is 346 g/mol. The Balaban J connectivity index is 1.42. The zero-order chi connectivity index (χ0) is 18.4. The normalized spacial score (nSPS) is 12.1. The number of aryl methyl sites for hydroxylation is 1. The van der Waals surface area contributed by atoms with Gasteiger partial charge in [0.15, 0.2) is 11.6 Å². The van der Waals surface area contributed by atoms with Gasteiger partial charge in [-0.3, -0.25) is 9.39 Å². The molecule has 138 valence electrons. The summed E-state index contributed by atoms with van der Waals surface area (Å²) in [6.45, 7) is 5.82. The van der Waals surface area contributed by atoms with Crippen molar-refractivity contribution in [2.75, 3.05) is 13.6 Å². The number of fused-ring (bicyclic) bond motifs is 1. The second-order valence-electron chi connectivity index (χ2n) is 6.32. The van der Waals surface area contributed by atoms with Crippen LogP contribution in [0.15, 0.2) is 34.8 Å². The fourth-order valence-corrected chi connectivity index (χ4v) is 3.46. The predicted molar refractivity (Wildman–Crippen MR) is 106 cm³/mol. The number of rotatable bonds is 7. The molecule has 0 saturated carbocycles. The highest BCUT2D eigenvalue weighted by Gasteiger charge is 2.07. The average Bonchev–Trinajstić information content (AvgIpc) is 3.28. The molecule has 0 fully saturated rings. The maximum Gasteiger partial charge on any atom is 0.191 e. The molecule has 0 saturated heterocycles. The molecule has 0 spiro atoms. The molecule has 0 unspecified atom stereocenters. The van der Waals surface area contributed by atoms with Crippen molar-refractivity contribution in [3.63, 3.8) is 0 Å². The fraction of sp³-hybridized carbons (Fsp3) is 0.444. The van der Waals surface area contributed by atoms with E-state index in [0.717, 1.165) is 47.5 Å². The molecule has 0 amide bonds. The second-order valence-corrected chi connectivity index (χ2v) is 7.26. The van der Waals surface area contributed by atoms with Crippen LogP contribution in [-0.4, -0.2) is 39.1 Å². The first kappa shape index (κ1) is 18.3. The molecule has 3 heterocycles. The van der Waals surface area contributed by atoms with E-state index in [1.54, 1.807) is 18.4 Å². The maximum atomic E-state index is 4.63. The van der Waals surface area contributed by atoms with Crippen LogP contribution in [0.2, 0.25) is 0 Å². The number of aliphatic imine (C=N–C) groups is 1. The van der Waals surface area contributed by atoms with Crippen LogP contribution in [0.5, 0.6) is 0 Å². The SMILES string of the molecule is CN=C(NCCCc1nnc2ccccn12)NCc1nc(C(C)C)cs1. The number of nitrogens with zero attached hydrogens (tertiary/aromatic N) is 5. The lowest BCUT2D eigenvalue weighted by molar-refractivity contribution is 0.712. The number of thiazole rings is 1. The van der Waals surface area contributed by atoms with E-state index in [0.29, 0.717) is 12.5 Å². The average molecular weight is 372 g/mol. The molecule has 3 aromatic heterocycles. The predicted octanol–water partition coefficient (Wildman–Crippen LogP) is 2.61. The molecule has 8 heteroatoms. The third-order valence-electron chi connectivity index (χ3n) is 4.05. The van der Waals surface area contributed by atoms with Gasteiger partial charge < -0.3 is 10.6 Å². The van der Waals surface area contributed by atoms with E-state index in [1.807, 2.05) is 28.8 Å². The first-order valence-electron chi connectivity index (χ1n) is 8.85. The van der Waals surface area contributed by atoms with Crippen LogP contribution in [-0.2, 0) is 13.0 Å². The van der Waals surface area contributed by atoms with E-state index in [-0.39, 0.29) is 0 Å². The smallest absolute Gasteiger partial charge is 0.191 e. The van der Waals surface area contributed by atoms with Gasteiger partial charge in [0.25, 0.3) is 0 Å². The molecule has 0 atom stereocenters. The van der Waals surface area contributed by atoms with E-state index < -0.39 is 0 Å². The summed E-state index contributed by atoms with van der Waals surface area (Å²) in [6.07, 6.45) is 3.81. The van der Waals surface area contributed by atoms with E-state index in [4.69, 9.17) is 0 Å². The maximum absolute atomic E-state index is 4.63. The zero-order valence-corrected chi connectivity index (χ0v) is 16.3. The van der Waals surface area contributed by atoms with Crippen molar-refractivity contribution in [1.29, 1.82) is 0 Å². The van der Waals surface area contributed by atoms with Crippen LogP contribution in [0.1, 0.15) is 42.7 Å². The molecule has 0 aliphatic rings. The van der Waals surface area contributed by atoms with E-state index in [1.165, 1.54) is 0 Å². The first-order chi connectivity index (χ1) is 12.7. The summed E-state index contributed by atoms with van der Waals surface area (Å²) in [5.41, 5.74) is 2.03. The van der Waals surface area contributed by atoms with Gasteiger partial charge in [-0.25, -0.2) is 4.98 Å². The highest BCUT2D eigenvalue weighted by Crippen LogP contribution is 2.17. The van der Waals surface area contributed by atoms with E-state index >= 15 is 0 Å². The third-order valence-corrected chi connectivity index (χ3v) is 4.91. The summed E-state index contributed by atoms with van der Waals surface area (Å²) in [4.78, 5) is 8.90. The van der Waals surface area contributed by atoms with Crippen LogP contribution in [0.3, 0.4) is 0 Å². The highest BCUT2D eigenvalue weighted by atomic mass is 32.1. The highest BCUT2D eigenvalue weighted by molar-refractivity contribution is 7.09. The lowest BCUT2D eigenvalue weighted by Crippen LogP contribution is -2.37. The monoisotopic (exact) mass is 371 g/mol. The van der Waals surface area contributed by atoms with Gasteiger partial charge in [-0.1, -0.05) is 19.9 Å². The minimum absolute atomic E-state index is 0.464. The topological polar surface area (TPSA) is 79.5 Å². The third kappa shape index (κ3) is 4.57. The molecule has 3 rings (SSSR count). The van der Waals surface area contributed by atoms with Gasteiger partial charge in [0.1, 0.15) is 10.8 Å². The Bertz CT molecular complexity index is 865. The van der Waals surface area contributed by atoms with Crippen molar-refractivity contribution in [3.8, 4) is 0 Å². The van der Waals surface area contributed by atoms with Gasteiger partial charge in [-0.15, -0.1) is 21.5 Å². The summed E-state index contributed by atoms with van der Waals surface area (Å²) in [5.74, 6) is 2.23. The summed E-state index contributed by atoms with van der Waals surface area (Å²) >= 11 is 1.68. The van der Waals surface area contributed by atoms with Crippen molar-refractivity contribution in [2.45, 2.75) is 39.2 Å². The summed E-state index contributed by atoms with van der Waals surface area (Å²) in [7, 11) is 1.78. The lowest BCUT2D eigenvalue weighted by atomic mass is 10.2. The van der Waals surface area contributed by atoms with E-state index in [2.05, 4.69) is 50.0 Å². The van der Waals surface area contributed by atoms with Gasteiger partial charge in [0.2, 0.25) is 0 Å². The van der Waals surface area contributed by atoms with Crippen LogP contribution in [0, 0.1) is 0 Å². The molecule has 26 heavy (non-hydrogen) atoms. The Labute approximate surface area is 157 Å². The van der Waals surface area contributed by atoms with Crippen LogP contribution in [0.4, 0.5) is 0 Å². The fourth-order valence-electron chi connectivity index (χ4n) is 2.57. The van der Waals surface area contributed by atoms with Crippen LogP contribution in [0.25, 0.3) is 5.65 Å². The second kappa shape index (κ2) is 8.75. The Morgan fingerprint density at radius 1 is 1.27 bits per heavy atom. The zero-order valence-electron chi connectivity index (χ0n) is 15.4. The first-order valence-corrected chi connectivity index (χ1v) is 9.73. The number of aromatic nitrogens is 4.